The zero-order valence-electron chi connectivity index (χ0n) is 16.0. The number of benzene rings is 1. The van der Waals surface area contributed by atoms with Crippen LogP contribution in [0.3, 0.4) is 0 Å². The summed E-state index contributed by atoms with van der Waals surface area (Å²) >= 11 is 0. The van der Waals surface area contributed by atoms with E-state index in [0.29, 0.717) is 11.3 Å². The molecule has 0 bridgehead atoms. The molecule has 146 valence electrons. The van der Waals surface area contributed by atoms with Crippen LogP contribution in [0.15, 0.2) is 53.8 Å². The lowest BCUT2D eigenvalue weighted by molar-refractivity contribution is 0.397. The smallest absolute Gasteiger partial charge is 0.265 e. The summed E-state index contributed by atoms with van der Waals surface area (Å²) in [5, 5.41) is 0. The molecule has 28 heavy (non-hydrogen) atoms. The lowest BCUT2D eigenvalue weighted by Crippen LogP contribution is -2.17. The van der Waals surface area contributed by atoms with Crippen molar-refractivity contribution >= 4 is 21.5 Å². The van der Waals surface area contributed by atoms with Crippen LogP contribution in [0.1, 0.15) is 5.69 Å². The van der Waals surface area contributed by atoms with Crippen molar-refractivity contribution in [2.24, 2.45) is 0 Å². The van der Waals surface area contributed by atoms with Gasteiger partial charge in [-0.2, -0.15) is 0 Å². The van der Waals surface area contributed by atoms with Gasteiger partial charge in [0.25, 0.3) is 15.9 Å². The van der Waals surface area contributed by atoms with Gasteiger partial charge in [0.15, 0.2) is 0 Å². The van der Waals surface area contributed by atoms with Crippen molar-refractivity contribution in [1.82, 2.24) is 15.0 Å². The van der Waals surface area contributed by atoms with Crippen LogP contribution in [-0.2, 0) is 10.0 Å². The number of nitrogens with zero attached hydrogens (tertiary/aromatic N) is 4. The lowest BCUT2D eigenvalue weighted by Gasteiger charge is -2.19. The van der Waals surface area contributed by atoms with Crippen LogP contribution < -0.4 is 14.4 Å². The minimum absolute atomic E-state index is 0.0174. The number of hydrogen-bond acceptors (Lipinski definition) is 7. The molecule has 0 spiro atoms. The molecule has 0 radical (unpaired) electrons. The molecule has 0 amide bonds. The second kappa shape index (κ2) is 7.81. The quantitative estimate of drug-likeness (QED) is 0.680. The standard InChI is InChI=1S/C19H21N5O3S/c1-13-11-21-18(19(22-13)27-4)23-28(25,26)17-12-20-10-9-15(17)14-7-5-6-8-16(14)24(2)3/h5-12H,1-4H3,(H,21,23). The molecule has 0 aliphatic heterocycles. The molecule has 1 N–H and O–H groups in total. The topological polar surface area (TPSA) is 97.3 Å². The zero-order valence-corrected chi connectivity index (χ0v) is 16.9. The number of sulfonamides is 1. The Labute approximate surface area is 164 Å². The van der Waals surface area contributed by atoms with Gasteiger partial charge in [-0.05, 0) is 19.1 Å². The number of nitrogens with one attached hydrogen (secondary N) is 1. The van der Waals surface area contributed by atoms with Gasteiger partial charge in [-0.15, -0.1) is 0 Å². The highest BCUT2D eigenvalue weighted by atomic mass is 32.2. The summed E-state index contributed by atoms with van der Waals surface area (Å²) in [6.45, 7) is 1.74. The number of pyridine rings is 1. The van der Waals surface area contributed by atoms with E-state index in [0.717, 1.165) is 11.3 Å². The van der Waals surface area contributed by atoms with Crippen molar-refractivity contribution in [3.63, 3.8) is 0 Å². The normalized spacial score (nSPS) is 11.1. The van der Waals surface area contributed by atoms with E-state index in [1.807, 2.05) is 43.3 Å². The molecule has 0 aliphatic rings. The molecule has 8 nitrogen and oxygen atoms in total. The van der Waals surface area contributed by atoms with Gasteiger partial charge in [-0.25, -0.2) is 18.4 Å². The number of ether oxygens (including phenoxy) is 1. The van der Waals surface area contributed by atoms with E-state index in [2.05, 4.69) is 19.7 Å². The third-order valence-corrected chi connectivity index (χ3v) is 5.40. The van der Waals surface area contributed by atoms with Crippen molar-refractivity contribution in [1.29, 1.82) is 0 Å². The SMILES string of the molecule is COc1nc(C)cnc1NS(=O)(=O)c1cnccc1-c1ccccc1N(C)C. The summed E-state index contributed by atoms with van der Waals surface area (Å²) < 4.78 is 33.9. The lowest BCUT2D eigenvalue weighted by atomic mass is 10.0. The summed E-state index contributed by atoms with van der Waals surface area (Å²) in [4.78, 5) is 14.2. The van der Waals surface area contributed by atoms with E-state index in [9.17, 15) is 8.42 Å². The highest BCUT2D eigenvalue weighted by Crippen LogP contribution is 2.34. The molecule has 0 saturated carbocycles. The van der Waals surface area contributed by atoms with Gasteiger partial charge in [0.1, 0.15) is 4.90 Å². The average molecular weight is 399 g/mol. The molecule has 0 unspecified atom stereocenters. The first-order valence-corrected chi connectivity index (χ1v) is 9.93. The van der Waals surface area contributed by atoms with Crippen molar-refractivity contribution in [2.45, 2.75) is 11.8 Å². The highest BCUT2D eigenvalue weighted by Gasteiger charge is 2.24. The van der Waals surface area contributed by atoms with E-state index in [4.69, 9.17) is 4.74 Å². The third-order valence-electron chi connectivity index (χ3n) is 4.04. The number of aryl methyl sites for hydroxylation is 1. The van der Waals surface area contributed by atoms with Crippen LogP contribution in [0.4, 0.5) is 11.5 Å². The van der Waals surface area contributed by atoms with Crippen LogP contribution in [0, 0.1) is 6.92 Å². The maximum atomic E-state index is 13.1. The predicted octanol–water partition coefficient (Wildman–Crippen LogP) is 2.72. The molecular formula is C19H21N5O3S. The summed E-state index contributed by atoms with van der Waals surface area (Å²) in [6, 6.07) is 9.24. The summed E-state index contributed by atoms with van der Waals surface area (Å²) in [5.41, 5.74) is 2.81. The third kappa shape index (κ3) is 3.89. The number of hydrogen-bond donors (Lipinski definition) is 1. The van der Waals surface area contributed by atoms with Crippen molar-refractivity contribution in [2.75, 3.05) is 30.8 Å². The van der Waals surface area contributed by atoms with Crippen LogP contribution in [0.2, 0.25) is 0 Å². The molecule has 0 fully saturated rings. The number of anilines is 2. The van der Waals surface area contributed by atoms with E-state index < -0.39 is 10.0 Å². The second-order valence-electron chi connectivity index (χ2n) is 6.26. The Morgan fingerprint density at radius 1 is 1.07 bits per heavy atom. The molecule has 0 atom stereocenters. The van der Waals surface area contributed by atoms with E-state index in [-0.39, 0.29) is 16.6 Å². The molecule has 0 saturated heterocycles. The van der Waals surface area contributed by atoms with Gasteiger partial charge in [0, 0.05) is 43.3 Å². The predicted molar refractivity (Wildman–Crippen MR) is 108 cm³/mol. The minimum atomic E-state index is -3.99. The minimum Gasteiger partial charge on any atom is -0.478 e. The Kier molecular flexibility index (Phi) is 5.46. The molecule has 9 heteroatoms. The Morgan fingerprint density at radius 3 is 2.54 bits per heavy atom. The molecule has 3 aromatic rings. The fraction of sp³-hybridized carbons (Fsp3) is 0.211. The first-order valence-electron chi connectivity index (χ1n) is 8.44. The monoisotopic (exact) mass is 399 g/mol. The molecule has 2 aromatic heterocycles. The van der Waals surface area contributed by atoms with Gasteiger partial charge in [-0.1, -0.05) is 18.2 Å². The molecule has 2 heterocycles. The van der Waals surface area contributed by atoms with Gasteiger partial charge < -0.3 is 9.64 Å². The van der Waals surface area contributed by atoms with Crippen molar-refractivity contribution in [3.8, 4) is 17.0 Å². The van der Waals surface area contributed by atoms with Crippen LogP contribution in [0.5, 0.6) is 5.88 Å². The zero-order chi connectivity index (χ0) is 20.3. The maximum Gasteiger partial charge on any atom is 0.265 e. The van der Waals surface area contributed by atoms with Crippen LogP contribution >= 0.6 is 0 Å². The first-order chi connectivity index (χ1) is 13.3. The maximum absolute atomic E-state index is 13.1. The molecular weight excluding hydrogens is 378 g/mol. The Morgan fingerprint density at radius 2 is 1.82 bits per heavy atom. The van der Waals surface area contributed by atoms with Gasteiger partial charge in [-0.3, -0.25) is 9.71 Å². The average Bonchev–Trinajstić information content (AvgIpc) is 2.69. The molecule has 3 rings (SSSR count). The van der Waals surface area contributed by atoms with Gasteiger partial charge in [0.05, 0.1) is 19.0 Å². The summed E-state index contributed by atoms with van der Waals surface area (Å²) in [6.07, 6.45) is 4.34. The number of methoxy groups -OCH3 is 1. The Balaban J connectivity index is 2.11. The number of aromatic nitrogens is 3. The van der Waals surface area contributed by atoms with E-state index in [1.165, 1.54) is 19.5 Å². The first kappa shape index (κ1) is 19.6. The van der Waals surface area contributed by atoms with Crippen molar-refractivity contribution in [3.05, 3.63) is 54.6 Å². The summed E-state index contributed by atoms with van der Waals surface area (Å²) in [7, 11) is 1.22. The Bertz CT molecular complexity index is 1100. The van der Waals surface area contributed by atoms with Gasteiger partial charge >= 0.3 is 0 Å². The second-order valence-corrected chi connectivity index (χ2v) is 7.91. The van der Waals surface area contributed by atoms with E-state index in [1.54, 1.807) is 19.2 Å². The molecule has 0 aliphatic carbocycles. The van der Waals surface area contributed by atoms with E-state index >= 15 is 0 Å². The fourth-order valence-electron chi connectivity index (χ4n) is 2.76. The highest BCUT2D eigenvalue weighted by molar-refractivity contribution is 7.92. The fourth-order valence-corrected chi connectivity index (χ4v) is 3.93. The largest absolute Gasteiger partial charge is 0.478 e. The number of para-hydroxylation sites is 1. The van der Waals surface area contributed by atoms with Gasteiger partial charge in [0.2, 0.25) is 5.82 Å². The number of rotatable bonds is 6. The van der Waals surface area contributed by atoms with Crippen LogP contribution in [-0.4, -0.2) is 44.6 Å². The van der Waals surface area contributed by atoms with Crippen LogP contribution in [0.25, 0.3) is 11.1 Å². The molecule has 1 aromatic carbocycles. The Hall–Kier alpha value is -3.20. The summed E-state index contributed by atoms with van der Waals surface area (Å²) in [5.74, 6) is 0.117. The van der Waals surface area contributed by atoms with Crippen molar-refractivity contribution < 1.29 is 13.2 Å².